The van der Waals surface area contributed by atoms with Gasteiger partial charge in [0.25, 0.3) is 5.69 Å². The van der Waals surface area contributed by atoms with Crippen LogP contribution < -0.4 is 10.1 Å². The first kappa shape index (κ1) is 8.96. The minimum absolute atomic E-state index is 0.122. The standard InChI is InChI=1S/C9H10N2O3/c12-11(13)8-2-1-3-9-7(8)6-10-4-5-14-9/h1-3,10H,4-6H2. The van der Waals surface area contributed by atoms with Crippen molar-refractivity contribution in [2.75, 3.05) is 13.2 Å². The van der Waals surface area contributed by atoms with Gasteiger partial charge >= 0.3 is 0 Å². The van der Waals surface area contributed by atoms with Crippen molar-refractivity contribution in [3.8, 4) is 5.75 Å². The lowest BCUT2D eigenvalue weighted by molar-refractivity contribution is -0.385. The van der Waals surface area contributed by atoms with Gasteiger partial charge < -0.3 is 10.1 Å². The van der Waals surface area contributed by atoms with Crippen molar-refractivity contribution in [2.24, 2.45) is 0 Å². The molecule has 0 unspecified atom stereocenters. The van der Waals surface area contributed by atoms with E-state index in [4.69, 9.17) is 4.74 Å². The Hall–Kier alpha value is -1.62. The van der Waals surface area contributed by atoms with E-state index in [1.807, 2.05) is 0 Å². The van der Waals surface area contributed by atoms with Gasteiger partial charge in [0, 0.05) is 19.2 Å². The molecule has 0 atom stereocenters. The summed E-state index contributed by atoms with van der Waals surface area (Å²) in [5.74, 6) is 0.615. The highest BCUT2D eigenvalue weighted by atomic mass is 16.6. The molecule has 1 N–H and O–H groups in total. The highest BCUT2D eigenvalue weighted by molar-refractivity contribution is 5.49. The fourth-order valence-corrected chi connectivity index (χ4v) is 1.48. The molecule has 0 amide bonds. The van der Waals surface area contributed by atoms with E-state index in [0.717, 1.165) is 0 Å². The third kappa shape index (κ3) is 1.54. The molecular weight excluding hydrogens is 184 g/mol. The number of nitro groups is 1. The highest BCUT2D eigenvalue weighted by Gasteiger charge is 2.19. The van der Waals surface area contributed by atoms with Crippen LogP contribution in [0.25, 0.3) is 0 Å². The monoisotopic (exact) mass is 194 g/mol. The van der Waals surface area contributed by atoms with Gasteiger partial charge in [-0.3, -0.25) is 10.1 Å². The number of ether oxygens (including phenoxy) is 1. The van der Waals surface area contributed by atoms with Crippen LogP contribution in [0.15, 0.2) is 18.2 Å². The van der Waals surface area contributed by atoms with Crippen molar-refractivity contribution in [3.63, 3.8) is 0 Å². The Kier molecular flexibility index (Phi) is 2.32. The van der Waals surface area contributed by atoms with E-state index in [9.17, 15) is 10.1 Å². The summed E-state index contributed by atoms with van der Waals surface area (Å²) >= 11 is 0. The van der Waals surface area contributed by atoms with E-state index in [1.54, 1.807) is 12.1 Å². The predicted molar refractivity (Wildman–Crippen MR) is 50.3 cm³/mol. The quantitative estimate of drug-likeness (QED) is 0.536. The van der Waals surface area contributed by atoms with Crippen LogP contribution in [-0.4, -0.2) is 18.1 Å². The number of hydrogen-bond donors (Lipinski definition) is 1. The molecule has 14 heavy (non-hydrogen) atoms. The molecule has 0 saturated carbocycles. The molecule has 74 valence electrons. The average molecular weight is 194 g/mol. The summed E-state index contributed by atoms with van der Waals surface area (Å²) in [4.78, 5) is 10.3. The molecule has 0 fully saturated rings. The Bertz CT molecular complexity index is 365. The molecule has 1 heterocycles. The van der Waals surface area contributed by atoms with Gasteiger partial charge in [0.15, 0.2) is 0 Å². The van der Waals surface area contributed by atoms with Crippen molar-refractivity contribution in [1.82, 2.24) is 5.32 Å². The molecule has 0 spiro atoms. The molecular formula is C9H10N2O3. The number of nitrogens with zero attached hydrogens (tertiary/aromatic N) is 1. The average Bonchev–Trinajstić information content (AvgIpc) is 2.41. The van der Waals surface area contributed by atoms with Crippen molar-refractivity contribution in [3.05, 3.63) is 33.9 Å². The van der Waals surface area contributed by atoms with Gasteiger partial charge in [0.05, 0.1) is 10.5 Å². The fourth-order valence-electron chi connectivity index (χ4n) is 1.48. The molecule has 0 bridgehead atoms. The number of nitrogens with one attached hydrogen (secondary N) is 1. The number of rotatable bonds is 1. The molecule has 5 heteroatoms. The lowest BCUT2D eigenvalue weighted by atomic mass is 10.1. The van der Waals surface area contributed by atoms with E-state index in [-0.39, 0.29) is 10.6 Å². The summed E-state index contributed by atoms with van der Waals surface area (Å²) in [5.41, 5.74) is 0.756. The molecule has 0 aliphatic carbocycles. The Morgan fingerprint density at radius 3 is 3.14 bits per heavy atom. The van der Waals surface area contributed by atoms with Gasteiger partial charge in [-0.2, -0.15) is 0 Å². The van der Waals surface area contributed by atoms with E-state index in [1.165, 1.54) is 6.07 Å². The molecule has 0 radical (unpaired) electrons. The summed E-state index contributed by atoms with van der Waals surface area (Å²) in [7, 11) is 0. The summed E-state index contributed by atoms with van der Waals surface area (Å²) in [5, 5.41) is 13.8. The molecule has 0 saturated heterocycles. The predicted octanol–water partition coefficient (Wildman–Crippen LogP) is 1.08. The van der Waals surface area contributed by atoms with Crippen LogP contribution in [0.5, 0.6) is 5.75 Å². The fraction of sp³-hybridized carbons (Fsp3) is 0.333. The van der Waals surface area contributed by atoms with Crippen molar-refractivity contribution in [1.29, 1.82) is 0 Å². The molecule has 1 aliphatic rings. The summed E-state index contributed by atoms with van der Waals surface area (Å²) in [6.07, 6.45) is 0. The SMILES string of the molecule is O=[N+]([O-])c1cccc2c1CNCCO2. The topological polar surface area (TPSA) is 64.4 Å². The normalized spacial score (nSPS) is 15.1. The largest absolute Gasteiger partial charge is 0.492 e. The Balaban J connectivity index is 2.47. The van der Waals surface area contributed by atoms with E-state index in [2.05, 4.69) is 5.32 Å². The molecule has 1 aromatic carbocycles. The molecule has 1 aliphatic heterocycles. The number of benzene rings is 1. The van der Waals surface area contributed by atoms with Gasteiger partial charge in [-0.1, -0.05) is 6.07 Å². The van der Waals surface area contributed by atoms with Gasteiger partial charge in [-0.05, 0) is 6.07 Å². The summed E-state index contributed by atoms with van der Waals surface area (Å²) in [6.45, 7) is 1.76. The van der Waals surface area contributed by atoms with Crippen LogP contribution in [-0.2, 0) is 6.54 Å². The van der Waals surface area contributed by atoms with Gasteiger partial charge in [0.2, 0.25) is 0 Å². The summed E-state index contributed by atoms with van der Waals surface area (Å²) in [6, 6.07) is 4.90. The van der Waals surface area contributed by atoms with Crippen LogP contribution in [0.3, 0.4) is 0 Å². The molecule has 5 nitrogen and oxygen atoms in total. The van der Waals surface area contributed by atoms with Gasteiger partial charge in [-0.15, -0.1) is 0 Å². The van der Waals surface area contributed by atoms with Crippen LogP contribution >= 0.6 is 0 Å². The zero-order valence-corrected chi connectivity index (χ0v) is 7.53. The maximum Gasteiger partial charge on any atom is 0.277 e. The Morgan fingerprint density at radius 2 is 2.36 bits per heavy atom. The minimum atomic E-state index is -0.380. The van der Waals surface area contributed by atoms with Crippen LogP contribution in [0.4, 0.5) is 5.69 Å². The second-order valence-corrected chi connectivity index (χ2v) is 3.04. The Labute approximate surface area is 80.8 Å². The smallest absolute Gasteiger partial charge is 0.277 e. The molecule has 0 aromatic heterocycles. The van der Waals surface area contributed by atoms with E-state index >= 15 is 0 Å². The van der Waals surface area contributed by atoms with E-state index < -0.39 is 0 Å². The second-order valence-electron chi connectivity index (χ2n) is 3.04. The lowest BCUT2D eigenvalue weighted by Gasteiger charge is -2.05. The minimum Gasteiger partial charge on any atom is -0.492 e. The first-order valence-corrected chi connectivity index (χ1v) is 4.39. The molecule has 1 aromatic rings. The van der Waals surface area contributed by atoms with Gasteiger partial charge in [0.1, 0.15) is 12.4 Å². The third-order valence-electron chi connectivity index (χ3n) is 2.14. The zero-order chi connectivity index (χ0) is 9.97. The highest BCUT2D eigenvalue weighted by Crippen LogP contribution is 2.28. The Morgan fingerprint density at radius 1 is 1.50 bits per heavy atom. The summed E-state index contributed by atoms with van der Waals surface area (Å²) < 4.78 is 5.37. The number of hydrogen-bond acceptors (Lipinski definition) is 4. The maximum absolute atomic E-state index is 10.7. The van der Waals surface area contributed by atoms with Crippen LogP contribution in [0.2, 0.25) is 0 Å². The van der Waals surface area contributed by atoms with Crippen molar-refractivity contribution < 1.29 is 9.66 Å². The third-order valence-corrected chi connectivity index (χ3v) is 2.14. The van der Waals surface area contributed by atoms with Crippen LogP contribution in [0, 0.1) is 10.1 Å². The van der Waals surface area contributed by atoms with Crippen molar-refractivity contribution >= 4 is 5.69 Å². The van der Waals surface area contributed by atoms with Crippen molar-refractivity contribution in [2.45, 2.75) is 6.54 Å². The first-order chi connectivity index (χ1) is 6.79. The first-order valence-electron chi connectivity index (χ1n) is 4.39. The lowest BCUT2D eigenvalue weighted by Crippen LogP contribution is -2.16. The second kappa shape index (κ2) is 3.63. The zero-order valence-electron chi connectivity index (χ0n) is 7.53. The van der Waals surface area contributed by atoms with Crippen LogP contribution in [0.1, 0.15) is 5.56 Å². The number of nitro benzene ring substituents is 1. The van der Waals surface area contributed by atoms with E-state index in [0.29, 0.717) is 31.0 Å². The van der Waals surface area contributed by atoms with Gasteiger partial charge in [-0.25, -0.2) is 0 Å². The molecule has 2 rings (SSSR count). The maximum atomic E-state index is 10.7. The number of fused-ring (bicyclic) bond motifs is 1.